The van der Waals surface area contributed by atoms with Crippen LogP contribution in [0.4, 0.5) is 18.9 Å². The first kappa shape index (κ1) is 34.0. The van der Waals surface area contributed by atoms with Crippen molar-refractivity contribution >= 4 is 45.3 Å². The van der Waals surface area contributed by atoms with Gasteiger partial charge < -0.3 is 10.1 Å². The van der Waals surface area contributed by atoms with Gasteiger partial charge in [-0.15, -0.1) is 0 Å². The average Bonchev–Trinajstić information content (AvgIpc) is 3.04. The first-order chi connectivity index (χ1) is 21.9. The molecule has 9 nitrogen and oxygen atoms in total. The number of anilines is 1. The monoisotopic (exact) mass is 672 g/mol. The Morgan fingerprint density at radius 3 is 2.20 bits per heavy atom. The number of carbonyl (C=O) groups excluding carboxylic acids is 2. The molecule has 4 aromatic rings. The first-order valence-electron chi connectivity index (χ1n) is 13.7. The van der Waals surface area contributed by atoms with Gasteiger partial charge in [-0.25, -0.2) is 13.8 Å². The van der Waals surface area contributed by atoms with Gasteiger partial charge in [0.05, 0.1) is 27.4 Å². The van der Waals surface area contributed by atoms with E-state index in [1.54, 1.807) is 30.3 Å². The third kappa shape index (κ3) is 9.56. The van der Waals surface area contributed by atoms with Crippen LogP contribution in [-0.2, 0) is 32.2 Å². The fraction of sp³-hybridized carbons (Fsp3) is 0.156. The van der Waals surface area contributed by atoms with Crippen LogP contribution in [0, 0.1) is 0 Å². The highest BCUT2D eigenvalue weighted by Crippen LogP contribution is 2.37. The van der Waals surface area contributed by atoms with E-state index in [-0.39, 0.29) is 22.4 Å². The zero-order chi connectivity index (χ0) is 33.2. The van der Waals surface area contributed by atoms with Crippen molar-refractivity contribution in [1.82, 2.24) is 10.7 Å². The molecule has 0 atom stereocenters. The van der Waals surface area contributed by atoms with Crippen LogP contribution >= 0.6 is 11.6 Å². The minimum Gasteiger partial charge on any atom is -0.484 e. The van der Waals surface area contributed by atoms with E-state index >= 15 is 0 Å². The summed E-state index contributed by atoms with van der Waals surface area (Å²) >= 11 is 6.13. The standard InChI is InChI=1S/C32H28ClF3N4O5S/c33-28-16-13-25(32(34,35)36)19-29(28)40(46(43,44)27-9-5-2-6-10-27)21-30(41)39-38-20-24-11-14-26(15-12-24)45-22-31(42)37-18-17-23-7-3-1-4-8-23/h1-16,19-20H,17-18,21-22H2,(H,37,42)(H,39,41)/b38-20-. The maximum absolute atomic E-state index is 13.4. The number of nitrogens with one attached hydrogen (secondary N) is 2. The summed E-state index contributed by atoms with van der Waals surface area (Å²) in [6, 6.07) is 25.2. The topological polar surface area (TPSA) is 117 Å². The second kappa shape index (κ2) is 15.4. The van der Waals surface area contributed by atoms with Crippen LogP contribution in [0.3, 0.4) is 0 Å². The van der Waals surface area contributed by atoms with E-state index in [1.165, 1.54) is 30.5 Å². The molecule has 0 aliphatic carbocycles. The Bertz CT molecular complexity index is 1770. The maximum Gasteiger partial charge on any atom is 0.416 e. The van der Waals surface area contributed by atoms with E-state index in [0.29, 0.717) is 40.7 Å². The van der Waals surface area contributed by atoms with Gasteiger partial charge in [-0.1, -0.05) is 60.1 Å². The number of carbonyl (C=O) groups is 2. The fourth-order valence-electron chi connectivity index (χ4n) is 4.09. The molecule has 0 aromatic heterocycles. The summed E-state index contributed by atoms with van der Waals surface area (Å²) in [5.41, 5.74) is 2.13. The van der Waals surface area contributed by atoms with E-state index in [4.69, 9.17) is 16.3 Å². The molecule has 0 fully saturated rings. The number of hydrogen-bond donors (Lipinski definition) is 2. The zero-order valence-electron chi connectivity index (χ0n) is 24.1. The van der Waals surface area contributed by atoms with Gasteiger partial charge in [0.2, 0.25) is 0 Å². The van der Waals surface area contributed by atoms with Crippen molar-refractivity contribution < 1.29 is 35.9 Å². The van der Waals surface area contributed by atoms with Crippen LogP contribution in [0.25, 0.3) is 0 Å². The van der Waals surface area contributed by atoms with Crippen molar-refractivity contribution in [2.75, 3.05) is 24.0 Å². The molecule has 0 heterocycles. The summed E-state index contributed by atoms with van der Waals surface area (Å²) in [6.07, 6.45) is -2.83. The van der Waals surface area contributed by atoms with Crippen LogP contribution in [0.2, 0.25) is 5.02 Å². The largest absolute Gasteiger partial charge is 0.484 e. The van der Waals surface area contributed by atoms with Gasteiger partial charge in [0.15, 0.2) is 6.61 Å². The lowest BCUT2D eigenvalue weighted by molar-refractivity contribution is -0.137. The number of hydrazone groups is 1. The van der Waals surface area contributed by atoms with Crippen molar-refractivity contribution in [3.05, 3.63) is 125 Å². The molecule has 0 saturated heterocycles. The van der Waals surface area contributed by atoms with Crippen molar-refractivity contribution in [3.8, 4) is 5.75 Å². The first-order valence-corrected chi connectivity index (χ1v) is 15.6. The predicted molar refractivity (Wildman–Crippen MR) is 168 cm³/mol. The molecule has 0 bridgehead atoms. The second-order valence-electron chi connectivity index (χ2n) is 9.73. The van der Waals surface area contributed by atoms with Gasteiger partial charge in [0.1, 0.15) is 12.3 Å². The Balaban J connectivity index is 1.36. The number of halogens is 4. The predicted octanol–water partition coefficient (Wildman–Crippen LogP) is 5.44. The molecule has 2 amide bonds. The lowest BCUT2D eigenvalue weighted by Crippen LogP contribution is -2.40. The minimum atomic E-state index is -4.79. The molecule has 0 radical (unpaired) electrons. The minimum absolute atomic E-state index is 0.184. The molecule has 2 N–H and O–H groups in total. The Hall–Kier alpha value is -4.88. The van der Waals surface area contributed by atoms with Crippen LogP contribution in [0.15, 0.2) is 113 Å². The number of amides is 2. The van der Waals surface area contributed by atoms with Crippen LogP contribution < -0.4 is 19.8 Å². The zero-order valence-corrected chi connectivity index (χ0v) is 25.6. The number of alkyl halides is 3. The average molecular weight is 673 g/mol. The third-order valence-electron chi connectivity index (χ3n) is 6.39. The van der Waals surface area contributed by atoms with Crippen LogP contribution in [0.5, 0.6) is 5.75 Å². The van der Waals surface area contributed by atoms with Crippen molar-refractivity contribution in [3.63, 3.8) is 0 Å². The van der Waals surface area contributed by atoms with Crippen molar-refractivity contribution in [2.45, 2.75) is 17.5 Å². The van der Waals surface area contributed by atoms with E-state index in [0.717, 1.165) is 11.6 Å². The number of hydrogen-bond acceptors (Lipinski definition) is 6. The molecule has 240 valence electrons. The smallest absolute Gasteiger partial charge is 0.416 e. The van der Waals surface area contributed by atoms with Gasteiger partial charge in [-0.05, 0) is 72.1 Å². The molecule has 0 spiro atoms. The summed E-state index contributed by atoms with van der Waals surface area (Å²) in [4.78, 5) is 24.6. The van der Waals surface area contributed by atoms with Crippen molar-refractivity contribution in [1.29, 1.82) is 0 Å². The van der Waals surface area contributed by atoms with E-state index in [1.807, 2.05) is 30.3 Å². The van der Waals surface area contributed by atoms with Gasteiger partial charge in [0, 0.05) is 6.54 Å². The molecule has 4 rings (SSSR count). The van der Waals surface area contributed by atoms with Crippen LogP contribution in [0.1, 0.15) is 16.7 Å². The molecular weight excluding hydrogens is 645 g/mol. The highest BCUT2D eigenvalue weighted by atomic mass is 35.5. The molecule has 0 aliphatic rings. The summed E-state index contributed by atoms with van der Waals surface area (Å²) in [5, 5.41) is 6.29. The number of nitrogens with zero attached hydrogens (tertiary/aromatic N) is 2. The van der Waals surface area contributed by atoms with Crippen LogP contribution in [-0.4, -0.2) is 46.1 Å². The number of benzene rings is 4. The molecule has 0 saturated carbocycles. The number of ether oxygens (including phenoxy) is 1. The summed E-state index contributed by atoms with van der Waals surface area (Å²) < 4.78 is 73.2. The lowest BCUT2D eigenvalue weighted by Gasteiger charge is -2.25. The van der Waals surface area contributed by atoms with E-state index < -0.39 is 39.9 Å². The molecule has 4 aromatic carbocycles. The number of sulfonamides is 1. The Kier molecular flexibility index (Phi) is 11.4. The molecule has 0 unspecified atom stereocenters. The third-order valence-corrected chi connectivity index (χ3v) is 8.49. The van der Waals surface area contributed by atoms with Gasteiger partial charge in [-0.3, -0.25) is 13.9 Å². The summed E-state index contributed by atoms with van der Waals surface area (Å²) in [6.45, 7) is -0.636. The summed E-state index contributed by atoms with van der Waals surface area (Å²) in [5.74, 6) is -0.805. The Morgan fingerprint density at radius 2 is 1.54 bits per heavy atom. The Labute approximate surface area is 268 Å². The van der Waals surface area contributed by atoms with E-state index in [2.05, 4.69) is 15.8 Å². The lowest BCUT2D eigenvalue weighted by atomic mass is 10.1. The molecule has 46 heavy (non-hydrogen) atoms. The quantitative estimate of drug-likeness (QED) is 0.145. The van der Waals surface area contributed by atoms with E-state index in [9.17, 15) is 31.2 Å². The molecule has 14 heteroatoms. The van der Waals surface area contributed by atoms with Gasteiger partial charge in [0.25, 0.3) is 21.8 Å². The summed E-state index contributed by atoms with van der Waals surface area (Å²) in [7, 11) is -4.52. The fourth-order valence-corrected chi connectivity index (χ4v) is 5.81. The van der Waals surface area contributed by atoms with Gasteiger partial charge in [-0.2, -0.15) is 18.3 Å². The Morgan fingerprint density at radius 1 is 0.891 bits per heavy atom. The number of rotatable bonds is 13. The van der Waals surface area contributed by atoms with Crippen molar-refractivity contribution in [2.24, 2.45) is 5.10 Å². The maximum atomic E-state index is 13.4. The van der Waals surface area contributed by atoms with Gasteiger partial charge >= 0.3 is 6.18 Å². The second-order valence-corrected chi connectivity index (χ2v) is 12.0. The SMILES string of the molecule is O=C(COc1ccc(/C=N\NC(=O)CN(c2cc(C(F)(F)F)ccc2Cl)S(=O)(=O)c2ccccc2)cc1)NCCc1ccccc1. The highest BCUT2D eigenvalue weighted by molar-refractivity contribution is 7.92. The molecular formula is C32H28ClF3N4O5S. The molecule has 0 aliphatic heterocycles. The highest BCUT2D eigenvalue weighted by Gasteiger charge is 2.34. The normalized spacial score (nSPS) is 11.7.